The highest BCUT2D eigenvalue weighted by Gasteiger charge is 2.04. The monoisotopic (exact) mass is 237 g/mol. The number of rotatable bonds is 7. The number of hydrogen-bond acceptors (Lipinski definition) is 3. The average molecular weight is 237 g/mol. The Labute approximate surface area is 104 Å². The van der Waals surface area contributed by atoms with E-state index >= 15 is 0 Å². The van der Waals surface area contributed by atoms with Gasteiger partial charge >= 0.3 is 0 Å². The highest BCUT2D eigenvalue weighted by Crippen LogP contribution is 2.20. The summed E-state index contributed by atoms with van der Waals surface area (Å²) in [6.45, 7) is 7.88. The molecule has 17 heavy (non-hydrogen) atoms. The maximum atomic E-state index is 8.74. The molecular weight excluding hydrogens is 214 g/mol. The first-order chi connectivity index (χ1) is 8.13. The molecule has 0 aliphatic rings. The molecule has 0 radical (unpaired) electrons. The Bertz CT molecular complexity index is 337. The molecule has 0 amide bonds. The lowest BCUT2D eigenvalue weighted by atomic mass is 10.1. The average Bonchev–Trinajstić information content (AvgIpc) is 2.29. The van der Waals surface area contributed by atoms with Crippen LogP contribution < -0.4 is 10.1 Å². The van der Waals surface area contributed by atoms with Crippen LogP contribution in [-0.2, 0) is 6.54 Å². The summed E-state index contributed by atoms with van der Waals surface area (Å²) in [4.78, 5) is 0. The summed E-state index contributed by atoms with van der Waals surface area (Å²) >= 11 is 0. The van der Waals surface area contributed by atoms with Crippen molar-refractivity contribution in [3.63, 3.8) is 0 Å². The minimum absolute atomic E-state index is 0.172. The van der Waals surface area contributed by atoms with Crippen molar-refractivity contribution in [2.24, 2.45) is 0 Å². The predicted octanol–water partition coefficient (Wildman–Crippen LogP) is 2.25. The van der Waals surface area contributed by atoms with Gasteiger partial charge in [0.1, 0.15) is 5.75 Å². The lowest BCUT2D eigenvalue weighted by Gasteiger charge is -2.14. The van der Waals surface area contributed by atoms with Gasteiger partial charge in [0.15, 0.2) is 0 Å². The summed E-state index contributed by atoms with van der Waals surface area (Å²) in [5.41, 5.74) is 2.41. The minimum atomic E-state index is 0.172. The van der Waals surface area contributed by atoms with Crippen molar-refractivity contribution in [2.45, 2.75) is 39.8 Å². The highest BCUT2D eigenvalue weighted by atomic mass is 16.5. The lowest BCUT2D eigenvalue weighted by Crippen LogP contribution is -2.22. The molecule has 0 atom stereocenters. The number of aliphatic hydroxyl groups excluding tert-OH is 1. The van der Waals surface area contributed by atoms with Crippen molar-refractivity contribution in [2.75, 3.05) is 13.2 Å². The smallest absolute Gasteiger partial charge is 0.123 e. The van der Waals surface area contributed by atoms with Crippen molar-refractivity contribution in [3.05, 3.63) is 29.3 Å². The van der Waals surface area contributed by atoms with E-state index in [1.165, 1.54) is 11.1 Å². The molecule has 1 aromatic rings. The van der Waals surface area contributed by atoms with E-state index in [2.05, 4.69) is 32.2 Å². The zero-order chi connectivity index (χ0) is 12.7. The van der Waals surface area contributed by atoms with E-state index in [4.69, 9.17) is 9.84 Å². The van der Waals surface area contributed by atoms with Crippen molar-refractivity contribution < 1.29 is 9.84 Å². The molecule has 3 nitrogen and oxygen atoms in total. The maximum absolute atomic E-state index is 8.74. The summed E-state index contributed by atoms with van der Waals surface area (Å²) in [6.07, 6.45) is 0.672. The molecule has 0 aliphatic carbocycles. The SMILES string of the molecule is Cc1ccc(OCCCO)c(CNC(C)C)c1. The molecule has 96 valence electrons. The fraction of sp³-hybridized carbons (Fsp3) is 0.571. The lowest BCUT2D eigenvalue weighted by molar-refractivity contribution is 0.232. The number of aliphatic hydroxyl groups is 1. The van der Waals surface area contributed by atoms with E-state index in [-0.39, 0.29) is 6.61 Å². The van der Waals surface area contributed by atoms with Gasteiger partial charge in [-0.15, -0.1) is 0 Å². The Morgan fingerprint density at radius 2 is 2.12 bits per heavy atom. The van der Waals surface area contributed by atoms with Crippen molar-refractivity contribution in [3.8, 4) is 5.75 Å². The Morgan fingerprint density at radius 1 is 1.35 bits per heavy atom. The topological polar surface area (TPSA) is 41.5 Å². The molecule has 0 spiro atoms. The molecule has 0 bridgehead atoms. The highest BCUT2D eigenvalue weighted by molar-refractivity contribution is 5.36. The number of nitrogens with one attached hydrogen (secondary N) is 1. The van der Waals surface area contributed by atoms with Crippen LogP contribution in [0.15, 0.2) is 18.2 Å². The molecule has 0 saturated heterocycles. The van der Waals surface area contributed by atoms with E-state index in [9.17, 15) is 0 Å². The first-order valence-corrected chi connectivity index (χ1v) is 6.20. The van der Waals surface area contributed by atoms with Crippen molar-refractivity contribution >= 4 is 0 Å². The predicted molar refractivity (Wildman–Crippen MR) is 70.4 cm³/mol. The summed E-state index contributed by atoms with van der Waals surface area (Å²) in [6, 6.07) is 6.65. The molecule has 1 rings (SSSR count). The van der Waals surface area contributed by atoms with E-state index in [1.807, 2.05) is 12.1 Å². The Morgan fingerprint density at radius 3 is 2.76 bits per heavy atom. The Balaban J connectivity index is 2.66. The van der Waals surface area contributed by atoms with Gasteiger partial charge < -0.3 is 15.2 Å². The van der Waals surface area contributed by atoms with Crippen molar-refractivity contribution in [1.29, 1.82) is 0 Å². The van der Waals surface area contributed by atoms with Crippen LogP contribution in [-0.4, -0.2) is 24.4 Å². The normalized spacial score (nSPS) is 10.9. The number of benzene rings is 1. The van der Waals surface area contributed by atoms with Gasteiger partial charge in [0.25, 0.3) is 0 Å². The van der Waals surface area contributed by atoms with Gasteiger partial charge in [-0.05, 0) is 13.0 Å². The van der Waals surface area contributed by atoms with Crippen molar-refractivity contribution in [1.82, 2.24) is 5.32 Å². The first-order valence-electron chi connectivity index (χ1n) is 6.20. The molecule has 0 fully saturated rings. The zero-order valence-corrected chi connectivity index (χ0v) is 11.0. The van der Waals surface area contributed by atoms with Gasteiger partial charge in [0, 0.05) is 31.2 Å². The molecule has 1 aromatic carbocycles. The van der Waals surface area contributed by atoms with Crippen LogP contribution in [0.3, 0.4) is 0 Å². The summed E-state index contributed by atoms with van der Waals surface area (Å²) in [5.74, 6) is 0.914. The summed E-state index contributed by atoms with van der Waals surface area (Å²) in [7, 11) is 0. The standard InChI is InChI=1S/C14H23NO2/c1-11(2)15-10-13-9-12(3)5-6-14(13)17-8-4-7-16/h5-6,9,11,15-16H,4,7-8,10H2,1-3H3. The van der Waals surface area contributed by atoms with E-state index in [1.54, 1.807) is 0 Å². The summed E-state index contributed by atoms with van der Waals surface area (Å²) < 4.78 is 5.66. The van der Waals surface area contributed by atoms with E-state index in [0.717, 1.165) is 12.3 Å². The molecule has 0 unspecified atom stereocenters. The van der Waals surface area contributed by atoms with E-state index in [0.29, 0.717) is 19.1 Å². The van der Waals surface area contributed by atoms with Gasteiger partial charge in [-0.2, -0.15) is 0 Å². The molecular formula is C14H23NO2. The van der Waals surface area contributed by atoms with Crippen LogP contribution in [0.2, 0.25) is 0 Å². The molecule has 0 saturated carbocycles. The molecule has 3 heteroatoms. The molecule has 0 aromatic heterocycles. The Kier molecular flexibility index (Phi) is 6.01. The van der Waals surface area contributed by atoms with Gasteiger partial charge in [0.05, 0.1) is 6.61 Å². The second kappa shape index (κ2) is 7.30. The second-order valence-corrected chi connectivity index (χ2v) is 4.57. The fourth-order valence-electron chi connectivity index (χ4n) is 1.55. The summed E-state index contributed by atoms with van der Waals surface area (Å²) in [5, 5.41) is 12.1. The molecule has 0 heterocycles. The third-order valence-corrected chi connectivity index (χ3v) is 2.48. The van der Waals surface area contributed by atoms with Crippen LogP contribution in [0.1, 0.15) is 31.4 Å². The first kappa shape index (κ1) is 14.0. The van der Waals surface area contributed by atoms with Crippen LogP contribution in [0.4, 0.5) is 0 Å². The molecule has 0 aliphatic heterocycles. The number of hydrogen-bond donors (Lipinski definition) is 2. The van der Waals surface area contributed by atoms with Gasteiger partial charge in [0.2, 0.25) is 0 Å². The van der Waals surface area contributed by atoms with E-state index < -0.39 is 0 Å². The van der Waals surface area contributed by atoms with Crippen LogP contribution >= 0.6 is 0 Å². The maximum Gasteiger partial charge on any atom is 0.123 e. The number of ether oxygens (including phenoxy) is 1. The third-order valence-electron chi connectivity index (χ3n) is 2.48. The largest absolute Gasteiger partial charge is 0.493 e. The van der Waals surface area contributed by atoms with Gasteiger partial charge in [-0.25, -0.2) is 0 Å². The zero-order valence-electron chi connectivity index (χ0n) is 11.0. The Hall–Kier alpha value is -1.06. The van der Waals surface area contributed by atoms with Crippen LogP contribution in [0.5, 0.6) is 5.75 Å². The molecule has 2 N–H and O–H groups in total. The third kappa shape index (κ3) is 5.20. The van der Waals surface area contributed by atoms with Gasteiger partial charge in [-0.1, -0.05) is 31.5 Å². The van der Waals surface area contributed by atoms with Crippen LogP contribution in [0.25, 0.3) is 0 Å². The second-order valence-electron chi connectivity index (χ2n) is 4.57. The quantitative estimate of drug-likeness (QED) is 0.715. The minimum Gasteiger partial charge on any atom is -0.493 e. The van der Waals surface area contributed by atoms with Crippen LogP contribution in [0, 0.1) is 6.92 Å². The number of aryl methyl sites for hydroxylation is 1. The van der Waals surface area contributed by atoms with Gasteiger partial charge in [-0.3, -0.25) is 0 Å². The fourth-order valence-corrected chi connectivity index (χ4v) is 1.55.